The van der Waals surface area contributed by atoms with Crippen LogP contribution in [0.4, 0.5) is 11.4 Å². The Morgan fingerprint density at radius 1 is 1.00 bits per heavy atom. The molecule has 1 atom stereocenters. The highest BCUT2D eigenvalue weighted by Gasteiger charge is 2.39. The van der Waals surface area contributed by atoms with Gasteiger partial charge in [-0.1, -0.05) is 6.07 Å². The van der Waals surface area contributed by atoms with Gasteiger partial charge < -0.3 is 14.8 Å². The molecule has 0 bridgehead atoms. The first-order valence-corrected chi connectivity index (χ1v) is 7.54. The van der Waals surface area contributed by atoms with E-state index in [9.17, 15) is 9.59 Å². The Balaban J connectivity index is 1.77. The largest absolute Gasteiger partial charge is 0.497 e. The van der Waals surface area contributed by atoms with E-state index < -0.39 is 6.04 Å². The topological polar surface area (TPSA) is 67.9 Å². The lowest BCUT2D eigenvalue weighted by Gasteiger charge is -2.17. The van der Waals surface area contributed by atoms with E-state index in [4.69, 9.17) is 9.47 Å². The summed E-state index contributed by atoms with van der Waals surface area (Å²) in [4.78, 5) is 26.1. The third-order valence-corrected chi connectivity index (χ3v) is 3.89. The van der Waals surface area contributed by atoms with Gasteiger partial charge in [-0.25, -0.2) is 4.90 Å². The molecule has 1 aliphatic rings. The molecule has 0 radical (unpaired) electrons. The first-order chi connectivity index (χ1) is 11.6. The minimum Gasteiger partial charge on any atom is -0.497 e. The highest BCUT2D eigenvalue weighted by atomic mass is 16.5. The zero-order chi connectivity index (χ0) is 17.1. The standard InChI is InChI=1S/C18H18N2O4/c1-23-14-8-6-12(7-9-14)19-16-11-17(21)20(18(16)22)13-4-3-5-15(10-13)24-2/h3-10,16,19H,11H2,1-2H3/t16-/m0/s1. The molecule has 6 heteroatoms. The summed E-state index contributed by atoms with van der Waals surface area (Å²) in [6.45, 7) is 0. The molecule has 2 amide bonds. The lowest BCUT2D eigenvalue weighted by atomic mass is 10.2. The number of anilines is 2. The number of nitrogens with zero attached hydrogens (tertiary/aromatic N) is 1. The Morgan fingerprint density at radius 2 is 1.71 bits per heavy atom. The van der Waals surface area contributed by atoms with Crippen LogP contribution in [-0.4, -0.2) is 32.1 Å². The van der Waals surface area contributed by atoms with Crippen LogP contribution in [-0.2, 0) is 9.59 Å². The third-order valence-electron chi connectivity index (χ3n) is 3.89. The summed E-state index contributed by atoms with van der Waals surface area (Å²) < 4.78 is 10.3. The minimum absolute atomic E-state index is 0.113. The molecule has 2 aromatic rings. The summed E-state index contributed by atoms with van der Waals surface area (Å²) in [6, 6.07) is 13.5. The summed E-state index contributed by atoms with van der Waals surface area (Å²) in [5.41, 5.74) is 1.28. The zero-order valence-electron chi connectivity index (χ0n) is 13.5. The predicted octanol–water partition coefficient (Wildman–Crippen LogP) is 2.45. The van der Waals surface area contributed by atoms with Crippen molar-refractivity contribution < 1.29 is 19.1 Å². The van der Waals surface area contributed by atoms with E-state index in [1.807, 2.05) is 12.1 Å². The molecule has 6 nitrogen and oxygen atoms in total. The summed E-state index contributed by atoms with van der Waals surface area (Å²) in [5.74, 6) is 0.815. The van der Waals surface area contributed by atoms with Crippen molar-refractivity contribution in [1.29, 1.82) is 0 Å². The van der Waals surface area contributed by atoms with Crippen LogP contribution < -0.4 is 19.7 Å². The van der Waals surface area contributed by atoms with Gasteiger partial charge in [0.25, 0.3) is 5.91 Å². The average Bonchev–Trinajstić information content (AvgIpc) is 2.89. The van der Waals surface area contributed by atoms with Gasteiger partial charge in [-0.15, -0.1) is 0 Å². The number of benzene rings is 2. The van der Waals surface area contributed by atoms with Crippen LogP contribution >= 0.6 is 0 Å². The van der Waals surface area contributed by atoms with Crippen LogP contribution in [0.3, 0.4) is 0 Å². The number of carbonyl (C=O) groups excluding carboxylic acids is 2. The van der Waals surface area contributed by atoms with Gasteiger partial charge in [-0.2, -0.15) is 0 Å². The molecule has 124 valence electrons. The number of imide groups is 1. The van der Waals surface area contributed by atoms with Crippen LogP contribution in [0.1, 0.15) is 6.42 Å². The van der Waals surface area contributed by atoms with Gasteiger partial charge in [0.1, 0.15) is 17.5 Å². The molecule has 0 aromatic heterocycles. The third kappa shape index (κ3) is 3.03. The molecule has 1 saturated heterocycles. The molecular weight excluding hydrogens is 308 g/mol. The van der Waals surface area contributed by atoms with E-state index in [0.717, 1.165) is 11.4 Å². The first kappa shape index (κ1) is 15.9. The minimum atomic E-state index is -0.586. The molecule has 0 saturated carbocycles. The van der Waals surface area contributed by atoms with Gasteiger partial charge in [0.15, 0.2) is 0 Å². The molecule has 1 aliphatic heterocycles. The molecule has 0 spiro atoms. The first-order valence-electron chi connectivity index (χ1n) is 7.54. The van der Waals surface area contributed by atoms with E-state index in [2.05, 4.69) is 5.32 Å². The number of hydrogen-bond donors (Lipinski definition) is 1. The summed E-state index contributed by atoms with van der Waals surface area (Å²) in [5, 5.41) is 3.10. The number of nitrogens with one attached hydrogen (secondary N) is 1. The number of rotatable bonds is 5. The number of amides is 2. The Hall–Kier alpha value is -3.02. The van der Waals surface area contributed by atoms with Crippen LogP contribution in [0.2, 0.25) is 0 Å². The molecule has 1 heterocycles. The van der Waals surface area contributed by atoms with Crippen molar-refractivity contribution in [2.45, 2.75) is 12.5 Å². The number of hydrogen-bond acceptors (Lipinski definition) is 5. The average molecular weight is 326 g/mol. The van der Waals surface area contributed by atoms with E-state index in [1.54, 1.807) is 50.6 Å². The fourth-order valence-corrected chi connectivity index (χ4v) is 2.65. The zero-order valence-corrected chi connectivity index (χ0v) is 13.5. The van der Waals surface area contributed by atoms with Crippen molar-refractivity contribution >= 4 is 23.2 Å². The fourth-order valence-electron chi connectivity index (χ4n) is 2.65. The Kier molecular flexibility index (Phi) is 4.37. The van der Waals surface area contributed by atoms with Gasteiger partial charge in [-0.05, 0) is 36.4 Å². The smallest absolute Gasteiger partial charge is 0.256 e. The Labute approximate surface area is 140 Å². The van der Waals surface area contributed by atoms with Gasteiger partial charge in [0, 0.05) is 11.8 Å². The van der Waals surface area contributed by atoms with E-state index in [-0.39, 0.29) is 18.2 Å². The Morgan fingerprint density at radius 3 is 2.38 bits per heavy atom. The van der Waals surface area contributed by atoms with Crippen molar-refractivity contribution in [2.75, 3.05) is 24.4 Å². The van der Waals surface area contributed by atoms with Gasteiger partial charge in [0.05, 0.1) is 26.3 Å². The second-order valence-corrected chi connectivity index (χ2v) is 5.40. The molecule has 0 aliphatic carbocycles. The van der Waals surface area contributed by atoms with E-state index >= 15 is 0 Å². The second kappa shape index (κ2) is 6.62. The molecule has 1 N–H and O–H groups in total. The number of ether oxygens (including phenoxy) is 2. The molecule has 3 rings (SSSR count). The van der Waals surface area contributed by atoms with Gasteiger partial charge in [-0.3, -0.25) is 9.59 Å². The summed E-state index contributed by atoms with van der Waals surface area (Å²) in [7, 11) is 3.13. The summed E-state index contributed by atoms with van der Waals surface area (Å²) in [6.07, 6.45) is 0.113. The lowest BCUT2D eigenvalue weighted by molar-refractivity contribution is -0.121. The van der Waals surface area contributed by atoms with Crippen molar-refractivity contribution in [3.8, 4) is 11.5 Å². The predicted molar refractivity (Wildman–Crippen MR) is 90.5 cm³/mol. The molecule has 1 fully saturated rings. The maximum absolute atomic E-state index is 12.6. The van der Waals surface area contributed by atoms with Gasteiger partial charge >= 0.3 is 0 Å². The van der Waals surface area contributed by atoms with Crippen molar-refractivity contribution in [3.05, 3.63) is 48.5 Å². The van der Waals surface area contributed by atoms with Crippen LogP contribution in [0.5, 0.6) is 11.5 Å². The van der Waals surface area contributed by atoms with Crippen molar-refractivity contribution in [2.24, 2.45) is 0 Å². The van der Waals surface area contributed by atoms with Crippen LogP contribution in [0.15, 0.2) is 48.5 Å². The second-order valence-electron chi connectivity index (χ2n) is 5.40. The molecular formula is C18H18N2O4. The highest BCUT2D eigenvalue weighted by molar-refractivity contribution is 6.23. The number of carbonyl (C=O) groups is 2. The molecule has 24 heavy (non-hydrogen) atoms. The Bertz CT molecular complexity index is 758. The fraction of sp³-hybridized carbons (Fsp3) is 0.222. The maximum atomic E-state index is 12.6. The van der Waals surface area contributed by atoms with E-state index in [1.165, 1.54) is 4.90 Å². The monoisotopic (exact) mass is 326 g/mol. The normalized spacial score (nSPS) is 17.1. The SMILES string of the molecule is COc1ccc(N[C@H]2CC(=O)N(c3cccc(OC)c3)C2=O)cc1. The number of methoxy groups -OCH3 is 2. The lowest BCUT2D eigenvalue weighted by Crippen LogP contribution is -2.34. The maximum Gasteiger partial charge on any atom is 0.256 e. The summed E-state index contributed by atoms with van der Waals surface area (Å²) >= 11 is 0. The van der Waals surface area contributed by atoms with Crippen molar-refractivity contribution in [1.82, 2.24) is 0 Å². The highest BCUT2D eigenvalue weighted by Crippen LogP contribution is 2.28. The van der Waals surface area contributed by atoms with Crippen LogP contribution in [0, 0.1) is 0 Å². The van der Waals surface area contributed by atoms with E-state index in [0.29, 0.717) is 11.4 Å². The van der Waals surface area contributed by atoms with Crippen LogP contribution in [0.25, 0.3) is 0 Å². The van der Waals surface area contributed by atoms with Gasteiger partial charge in [0.2, 0.25) is 5.91 Å². The quantitative estimate of drug-likeness (QED) is 0.855. The molecule has 0 unspecified atom stereocenters. The van der Waals surface area contributed by atoms with Crippen molar-refractivity contribution in [3.63, 3.8) is 0 Å². The molecule has 2 aromatic carbocycles.